The van der Waals surface area contributed by atoms with Crippen LogP contribution in [0.2, 0.25) is 0 Å². The van der Waals surface area contributed by atoms with Crippen molar-refractivity contribution in [1.29, 1.82) is 0 Å². The minimum absolute atomic E-state index is 0.145. The van der Waals surface area contributed by atoms with E-state index in [0.717, 1.165) is 11.1 Å². The van der Waals surface area contributed by atoms with Gasteiger partial charge in [0.15, 0.2) is 0 Å². The predicted octanol–water partition coefficient (Wildman–Crippen LogP) is 5.76. The molecule has 230 valence electrons. The Bertz CT molecular complexity index is 2060. The van der Waals surface area contributed by atoms with Crippen LogP contribution in [-0.2, 0) is 23.0 Å². The van der Waals surface area contributed by atoms with Crippen LogP contribution in [0, 0.1) is 11.6 Å². The van der Waals surface area contributed by atoms with E-state index in [1.165, 1.54) is 56.4 Å². The normalized spacial score (nSPS) is 13.2. The molecule has 3 aromatic carbocycles. The molecule has 0 saturated heterocycles. The molecule has 0 atom stereocenters. The van der Waals surface area contributed by atoms with Crippen LogP contribution in [0.5, 0.6) is 0 Å². The molecular weight excluding hydrogens is 602 g/mol. The van der Waals surface area contributed by atoms with Crippen molar-refractivity contribution in [2.45, 2.75) is 19.9 Å². The number of carbonyl (C=O) groups excluding carboxylic acids is 2. The molecule has 6 rings (SSSR count). The number of pyridine rings is 1. The number of aromatic nitrogens is 1. The Labute approximate surface area is 257 Å². The largest absolute Gasteiger partial charge is 0.455 e. The third-order valence-corrected chi connectivity index (χ3v) is 9.01. The molecule has 0 radical (unpaired) electrons. The SMILES string of the molecule is CCS(=O)(=O)Nc1cc2oc(-c3ccc(F)cc3)c(C(=O)NC)c2cc1-c1ccc2c(n1)C(=O)N(Cc1ccc(F)cc1)CC2. The molecule has 2 amide bonds. The minimum Gasteiger partial charge on any atom is -0.455 e. The highest BCUT2D eigenvalue weighted by Crippen LogP contribution is 2.40. The number of rotatable bonds is 8. The molecule has 0 unspecified atom stereocenters. The lowest BCUT2D eigenvalue weighted by molar-refractivity contribution is 0.0720. The average Bonchev–Trinajstić information content (AvgIpc) is 3.41. The molecular formula is C33H28F2N4O5S. The van der Waals surface area contributed by atoms with E-state index < -0.39 is 21.7 Å². The highest BCUT2D eigenvalue weighted by atomic mass is 32.2. The smallest absolute Gasteiger partial charge is 0.273 e. The summed E-state index contributed by atoms with van der Waals surface area (Å²) in [5.74, 6) is -1.64. The Morgan fingerprint density at radius 2 is 1.69 bits per heavy atom. The summed E-state index contributed by atoms with van der Waals surface area (Å²) < 4.78 is 61.3. The van der Waals surface area contributed by atoms with E-state index in [9.17, 15) is 26.8 Å². The Morgan fingerprint density at radius 3 is 2.36 bits per heavy atom. The summed E-state index contributed by atoms with van der Waals surface area (Å²) in [6.45, 7) is 2.22. The van der Waals surface area contributed by atoms with Crippen molar-refractivity contribution in [2.75, 3.05) is 24.1 Å². The Kier molecular flexibility index (Phi) is 7.83. The van der Waals surface area contributed by atoms with Gasteiger partial charge in [0.1, 0.15) is 28.7 Å². The second-order valence-electron chi connectivity index (χ2n) is 10.6. The lowest BCUT2D eigenvalue weighted by Crippen LogP contribution is -2.37. The van der Waals surface area contributed by atoms with Crippen LogP contribution in [0.1, 0.15) is 38.9 Å². The minimum atomic E-state index is -3.77. The third-order valence-electron chi connectivity index (χ3n) is 7.72. The second kappa shape index (κ2) is 11.8. The quantitative estimate of drug-likeness (QED) is 0.225. The van der Waals surface area contributed by atoms with Gasteiger partial charge < -0.3 is 14.6 Å². The van der Waals surface area contributed by atoms with E-state index in [2.05, 4.69) is 10.0 Å². The third kappa shape index (κ3) is 5.88. The molecule has 0 fully saturated rings. The molecule has 0 aliphatic carbocycles. The van der Waals surface area contributed by atoms with Gasteiger partial charge in [-0.25, -0.2) is 22.2 Å². The van der Waals surface area contributed by atoms with E-state index in [-0.39, 0.29) is 52.3 Å². The number of fused-ring (bicyclic) bond motifs is 2. The Balaban J connectivity index is 1.49. The van der Waals surface area contributed by atoms with Gasteiger partial charge in [-0.2, -0.15) is 0 Å². The highest BCUT2D eigenvalue weighted by molar-refractivity contribution is 7.92. The lowest BCUT2D eigenvalue weighted by atomic mass is 9.98. The first-order chi connectivity index (χ1) is 21.6. The number of hydrogen-bond donors (Lipinski definition) is 2. The second-order valence-corrected chi connectivity index (χ2v) is 12.6. The molecule has 1 aliphatic heterocycles. The van der Waals surface area contributed by atoms with Crippen LogP contribution >= 0.6 is 0 Å². The number of nitrogens with zero attached hydrogens (tertiary/aromatic N) is 2. The predicted molar refractivity (Wildman–Crippen MR) is 166 cm³/mol. The number of nitrogens with one attached hydrogen (secondary N) is 2. The van der Waals surface area contributed by atoms with Crippen LogP contribution in [-0.4, -0.2) is 49.5 Å². The summed E-state index contributed by atoms with van der Waals surface area (Å²) in [5, 5.41) is 2.97. The fourth-order valence-electron chi connectivity index (χ4n) is 5.33. The first-order valence-electron chi connectivity index (χ1n) is 14.2. The monoisotopic (exact) mass is 630 g/mol. The number of benzene rings is 3. The number of sulfonamides is 1. The molecule has 5 aromatic rings. The maximum Gasteiger partial charge on any atom is 0.273 e. The first-order valence-corrected chi connectivity index (χ1v) is 15.8. The number of anilines is 1. The van der Waals surface area contributed by atoms with Crippen molar-refractivity contribution >= 4 is 38.5 Å². The van der Waals surface area contributed by atoms with Gasteiger partial charge in [0.05, 0.1) is 22.7 Å². The van der Waals surface area contributed by atoms with Crippen LogP contribution in [0.3, 0.4) is 0 Å². The average molecular weight is 631 g/mol. The number of halogens is 2. The number of carbonyl (C=O) groups is 2. The Morgan fingerprint density at radius 1 is 1.00 bits per heavy atom. The first kappa shape index (κ1) is 29.9. The highest BCUT2D eigenvalue weighted by Gasteiger charge is 2.28. The van der Waals surface area contributed by atoms with Crippen molar-refractivity contribution in [3.05, 3.63) is 107 Å². The summed E-state index contributed by atoms with van der Waals surface area (Å²) in [5.41, 5.74) is 3.32. The van der Waals surface area contributed by atoms with Crippen molar-refractivity contribution < 1.29 is 31.2 Å². The zero-order valence-electron chi connectivity index (χ0n) is 24.4. The number of amides is 2. The molecule has 0 spiro atoms. The van der Waals surface area contributed by atoms with Gasteiger partial charge in [-0.1, -0.05) is 18.2 Å². The molecule has 2 aromatic heterocycles. The fraction of sp³-hybridized carbons (Fsp3) is 0.182. The molecule has 1 aliphatic rings. The summed E-state index contributed by atoms with van der Waals surface area (Å²) in [7, 11) is -2.30. The maximum atomic E-state index is 13.7. The summed E-state index contributed by atoms with van der Waals surface area (Å²) in [4.78, 5) is 33.1. The Hall–Kier alpha value is -5.10. The van der Waals surface area contributed by atoms with Crippen LogP contribution in [0.25, 0.3) is 33.6 Å². The van der Waals surface area contributed by atoms with Crippen molar-refractivity contribution in [3.8, 4) is 22.6 Å². The van der Waals surface area contributed by atoms with Crippen LogP contribution in [0.15, 0.2) is 77.2 Å². The van der Waals surface area contributed by atoms with Gasteiger partial charge in [0, 0.05) is 42.7 Å². The van der Waals surface area contributed by atoms with Gasteiger partial charge in [-0.15, -0.1) is 0 Å². The standard InChI is InChI=1S/C33H28F2N4O5S/c1-3-45(42,43)38-27-17-28-25(29(32(40)36-2)31(44-28)21-6-11-23(35)12-7-21)16-24(27)26-13-8-20-14-15-39(33(41)30(20)37-26)18-19-4-9-22(34)10-5-19/h4-13,16-17,38H,3,14-15,18H2,1-2H3,(H,36,40). The zero-order chi connectivity index (χ0) is 31.9. The van der Waals surface area contributed by atoms with E-state index in [4.69, 9.17) is 9.40 Å². The zero-order valence-corrected chi connectivity index (χ0v) is 25.2. The van der Waals surface area contributed by atoms with E-state index in [1.807, 2.05) is 0 Å². The topological polar surface area (TPSA) is 122 Å². The van der Waals surface area contributed by atoms with Crippen molar-refractivity contribution in [3.63, 3.8) is 0 Å². The van der Waals surface area contributed by atoms with E-state index in [0.29, 0.717) is 35.2 Å². The van der Waals surface area contributed by atoms with Crippen LogP contribution < -0.4 is 10.0 Å². The van der Waals surface area contributed by atoms with Crippen molar-refractivity contribution in [2.24, 2.45) is 0 Å². The molecule has 9 nitrogen and oxygen atoms in total. The van der Waals surface area contributed by atoms with Gasteiger partial charge in [-0.05, 0) is 73.0 Å². The van der Waals surface area contributed by atoms with E-state index >= 15 is 0 Å². The van der Waals surface area contributed by atoms with Gasteiger partial charge >= 0.3 is 0 Å². The number of hydrogen-bond acceptors (Lipinski definition) is 6. The molecule has 0 saturated carbocycles. The van der Waals surface area contributed by atoms with Crippen molar-refractivity contribution in [1.82, 2.24) is 15.2 Å². The lowest BCUT2D eigenvalue weighted by Gasteiger charge is -2.28. The summed E-state index contributed by atoms with van der Waals surface area (Å²) in [6.07, 6.45) is 0.549. The molecule has 12 heteroatoms. The van der Waals surface area contributed by atoms with E-state index in [1.54, 1.807) is 35.2 Å². The van der Waals surface area contributed by atoms with Gasteiger partial charge in [0.25, 0.3) is 11.8 Å². The maximum absolute atomic E-state index is 13.7. The van der Waals surface area contributed by atoms with Gasteiger partial charge in [-0.3, -0.25) is 14.3 Å². The molecule has 45 heavy (non-hydrogen) atoms. The summed E-state index contributed by atoms with van der Waals surface area (Å²) >= 11 is 0. The number of furan rings is 1. The molecule has 3 heterocycles. The molecule has 0 bridgehead atoms. The molecule has 2 N–H and O–H groups in total. The fourth-order valence-corrected chi connectivity index (χ4v) is 5.97. The van der Waals surface area contributed by atoms with Gasteiger partial charge in [0.2, 0.25) is 10.0 Å². The van der Waals surface area contributed by atoms with Crippen LogP contribution in [0.4, 0.5) is 14.5 Å². The summed E-state index contributed by atoms with van der Waals surface area (Å²) in [6, 6.07) is 17.9.